The lowest BCUT2D eigenvalue weighted by atomic mass is 10.2. The molecule has 2 rings (SSSR count). The van der Waals surface area contributed by atoms with Gasteiger partial charge in [0.05, 0.1) is 13.7 Å². The molecule has 0 fully saturated rings. The van der Waals surface area contributed by atoms with Crippen molar-refractivity contribution in [1.29, 1.82) is 0 Å². The largest absolute Gasteiger partial charge is 0.496 e. The van der Waals surface area contributed by atoms with Crippen LogP contribution >= 0.6 is 15.9 Å². The van der Waals surface area contributed by atoms with Crippen LogP contribution in [0.3, 0.4) is 0 Å². The van der Waals surface area contributed by atoms with Gasteiger partial charge in [-0.05, 0) is 42.8 Å². The van der Waals surface area contributed by atoms with Gasteiger partial charge in [0.1, 0.15) is 5.75 Å². The number of nitrogens with zero attached hydrogens (tertiary/aromatic N) is 1. The van der Waals surface area contributed by atoms with Crippen LogP contribution in [0.2, 0.25) is 0 Å². The van der Waals surface area contributed by atoms with E-state index < -0.39 is 0 Å². The highest BCUT2D eigenvalue weighted by atomic mass is 79.9. The highest BCUT2D eigenvalue weighted by Gasteiger charge is 2.05. The molecule has 96 valence electrons. The van der Waals surface area contributed by atoms with Crippen LogP contribution in [0.4, 0.5) is 0 Å². The Bertz CT molecular complexity index is 522. The number of methoxy groups -OCH3 is 1. The molecule has 4 heteroatoms. The van der Waals surface area contributed by atoms with E-state index in [4.69, 9.17) is 10.5 Å². The lowest BCUT2D eigenvalue weighted by Crippen LogP contribution is -2.02. The number of ether oxygens (including phenoxy) is 1. The first-order valence-electron chi connectivity index (χ1n) is 5.90. The van der Waals surface area contributed by atoms with Crippen molar-refractivity contribution in [1.82, 2.24) is 4.57 Å². The number of benzene rings is 1. The lowest BCUT2D eigenvalue weighted by Gasteiger charge is -2.09. The van der Waals surface area contributed by atoms with Gasteiger partial charge in [-0.25, -0.2) is 0 Å². The molecule has 18 heavy (non-hydrogen) atoms. The summed E-state index contributed by atoms with van der Waals surface area (Å²) < 4.78 is 8.58. The summed E-state index contributed by atoms with van der Waals surface area (Å²) in [6.07, 6.45) is 5.13. The zero-order valence-corrected chi connectivity index (χ0v) is 12.0. The SMILES string of the molecule is COc1ccc(Br)cc1Cn1ccc(CCN)c1. The number of hydrogen-bond donors (Lipinski definition) is 1. The molecule has 1 aromatic carbocycles. The van der Waals surface area contributed by atoms with Gasteiger partial charge >= 0.3 is 0 Å². The maximum absolute atomic E-state index is 5.55. The summed E-state index contributed by atoms with van der Waals surface area (Å²) in [4.78, 5) is 0. The average molecular weight is 309 g/mol. The molecule has 0 atom stereocenters. The van der Waals surface area contributed by atoms with E-state index in [1.165, 1.54) is 5.56 Å². The van der Waals surface area contributed by atoms with E-state index in [2.05, 4.69) is 45.0 Å². The highest BCUT2D eigenvalue weighted by molar-refractivity contribution is 9.10. The summed E-state index contributed by atoms with van der Waals surface area (Å²) in [6.45, 7) is 1.48. The maximum atomic E-state index is 5.55. The number of aromatic nitrogens is 1. The highest BCUT2D eigenvalue weighted by Crippen LogP contribution is 2.24. The van der Waals surface area contributed by atoms with Gasteiger partial charge in [0.25, 0.3) is 0 Å². The molecule has 0 bridgehead atoms. The van der Waals surface area contributed by atoms with Crippen molar-refractivity contribution in [2.45, 2.75) is 13.0 Å². The fourth-order valence-corrected chi connectivity index (χ4v) is 2.38. The van der Waals surface area contributed by atoms with Crippen LogP contribution in [0.5, 0.6) is 5.75 Å². The van der Waals surface area contributed by atoms with E-state index in [1.807, 2.05) is 12.1 Å². The molecule has 0 aliphatic carbocycles. The number of nitrogens with two attached hydrogens (primary N) is 1. The summed E-state index contributed by atoms with van der Waals surface area (Å²) in [5, 5.41) is 0. The first-order chi connectivity index (χ1) is 8.72. The monoisotopic (exact) mass is 308 g/mol. The minimum absolute atomic E-state index is 0.685. The molecule has 2 N–H and O–H groups in total. The molecular formula is C14H17BrN2O. The van der Waals surface area contributed by atoms with Gasteiger partial charge in [-0.15, -0.1) is 0 Å². The van der Waals surface area contributed by atoms with Crippen molar-refractivity contribution in [3.63, 3.8) is 0 Å². The Labute approximate surface area is 116 Å². The Balaban J connectivity index is 2.19. The van der Waals surface area contributed by atoms with Gasteiger partial charge < -0.3 is 15.0 Å². The van der Waals surface area contributed by atoms with Crippen LogP contribution in [0, 0.1) is 0 Å². The van der Waals surface area contributed by atoms with E-state index in [-0.39, 0.29) is 0 Å². The van der Waals surface area contributed by atoms with Crippen molar-refractivity contribution < 1.29 is 4.74 Å². The number of halogens is 1. The Morgan fingerprint density at radius 1 is 1.33 bits per heavy atom. The Morgan fingerprint density at radius 2 is 2.17 bits per heavy atom. The average Bonchev–Trinajstić information content (AvgIpc) is 2.77. The minimum Gasteiger partial charge on any atom is -0.496 e. The molecule has 3 nitrogen and oxygen atoms in total. The number of hydrogen-bond acceptors (Lipinski definition) is 2. The van der Waals surface area contributed by atoms with Crippen molar-refractivity contribution in [3.8, 4) is 5.75 Å². The summed E-state index contributed by atoms with van der Waals surface area (Å²) in [5.74, 6) is 0.910. The summed E-state index contributed by atoms with van der Waals surface area (Å²) in [7, 11) is 1.70. The molecule has 0 spiro atoms. The summed E-state index contributed by atoms with van der Waals surface area (Å²) in [5.41, 5.74) is 7.98. The van der Waals surface area contributed by atoms with Crippen molar-refractivity contribution in [2.75, 3.05) is 13.7 Å². The fraction of sp³-hybridized carbons (Fsp3) is 0.286. The fourth-order valence-electron chi connectivity index (χ4n) is 1.97. The summed E-state index contributed by atoms with van der Waals surface area (Å²) in [6, 6.07) is 8.15. The number of rotatable bonds is 5. The molecule has 1 heterocycles. The van der Waals surface area contributed by atoms with Crippen LogP contribution in [-0.4, -0.2) is 18.2 Å². The first kappa shape index (κ1) is 13.2. The second-order valence-electron chi connectivity index (χ2n) is 4.19. The predicted octanol–water partition coefficient (Wildman–Crippen LogP) is 2.81. The maximum Gasteiger partial charge on any atom is 0.123 e. The zero-order valence-electron chi connectivity index (χ0n) is 10.4. The van der Waals surface area contributed by atoms with Gasteiger partial charge in [0, 0.05) is 22.4 Å². The Morgan fingerprint density at radius 3 is 2.89 bits per heavy atom. The van der Waals surface area contributed by atoms with E-state index in [1.54, 1.807) is 7.11 Å². The molecule has 0 radical (unpaired) electrons. The van der Waals surface area contributed by atoms with Gasteiger partial charge in [-0.1, -0.05) is 15.9 Å². The van der Waals surface area contributed by atoms with Gasteiger partial charge in [-0.2, -0.15) is 0 Å². The topological polar surface area (TPSA) is 40.2 Å². The van der Waals surface area contributed by atoms with E-state index in [9.17, 15) is 0 Å². The third-order valence-electron chi connectivity index (χ3n) is 2.84. The Hall–Kier alpha value is -1.26. The standard InChI is InChI=1S/C14H17BrN2O/c1-18-14-3-2-13(15)8-12(14)10-17-7-5-11(9-17)4-6-16/h2-3,5,7-9H,4,6,10,16H2,1H3. The van der Waals surface area contributed by atoms with E-state index in [0.717, 1.165) is 28.8 Å². The van der Waals surface area contributed by atoms with Gasteiger partial charge in [0.15, 0.2) is 0 Å². The second kappa shape index (κ2) is 6.07. The molecule has 0 aliphatic rings. The molecule has 0 aliphatic heterocycles. The molecule has 0 saturated heterocycles. The second-order valence-corrected chi connectivity index (χ2v) is 5.10. The summed E-state index contributed by atoms with van der Waals surface area (Å²) >= 11 is 3.49. The lowest BCUT2D eigenvalue weighted by molar-refractivity contribution is 0.408. The predicted molar refractivity (Wildman–Crippen MR) is 77.0 cm³/mol. The molecule has 1 aromatic heterocycles. The van der Waals surface area contributed by atoms with Crippen LogP contribution in [-0.2, 0) is 13.0 Å². The van der Waals surface area contributed by atoms with E-state index >= 15 is 0 Å². The molecule has 0 unspecified atom stereocenters. The van der Waals surface area contributed by atoms with Crippen LogP contribution in [0.15, 0.2) is 41.1 Å². The van der Waals surface area contributed by atoms with Crippen molar-refractivity contribution in [3.05, 3.63) is 52.3 Å². The molecular weight excluding hydrogens is 292 g/mol. The van der Waals surface area contributed by atoms with Gasteiger partial charge in [-0.3, -0.25) is 0 Å². The third kappa shape index (κ3) is 3.15. The molecule has 0 saturated carbocycles. The smallest absolute Gasteiger partial charge is 0.123 e. The Kier molecular flexibility index (Phi) is 4.44. The van der Waals surface area contributed by atoms with Crippen molar-refractivity contribution in [2.24, 2.45) is 5.73 Å². The quantitative estimate of drug-likeness (QED) is 0.922. The normalized spacial score (nSPS) is 10.6. The zero-order chi connectivity index (χ0) is 13.0. The van der Waals surface area contributed by atoms with Crippen LogP contribution in [0.1, 0.15) is 11.1 Å². The van der Waals surface area contributed by atoms with Gasteiger partial charge in [0.2, 0.25) is 0 Å². The molecule has 2 aromatic rings. The van der Waals surface area contributed by atoms with Crippen LogP contribution in [0.25, 0.3) is 0 Å². The first-order valence-corrected chi connectivity index (χ1v) is 6.69. The van der Waals surface area contributed by atoms with E-state index in [0.29, 0.717) is 6.54 Å². The van der Waals surface area contributed by atoms with Crippen LogP contribution < -0.4 is 10.5 Å². The molecule has 0 amide bonds. The third-order valence-corrected chi connectivity index (χ3v) is 3.33. The van der Waals surface area contributed by atoms with Crippen molar-refractivity contribution >= 4 is 15.9 Å². The minimum atomic E-state index is 0.685.